The highest BCUT2D eigenvalue weighted by molar-refractivity contribution is 5.96. The van der Waals surface area contributed by atoms with E-state index in [2.05, 4.69) is 4.98 Å². The molecular formula is C14H22N2O3. The molecule has 0 bridgehead atoms. The van der Waals surface area contributed by atoms with Crippen LogP contribution in [0.2, 0.25) is 0 Å². The van der Waals surface area contributed by atoms with Crippen LogP contribution in [0.15, 0.2) is 18.3 Å². The van der Waals surface area contributed by atoms with E-state index in [1.165, 1.54) is 7.11 Å². The van der Waals surface area contributed by atoms with E-state index in [0.717, 1.165) is 12.8 Å². The third-order valence-electron chi connectivity index (χ3n) is 3.18. The molecular weight excluding hydrogens is 244 g/mol. The smallest absolute Gasteiger partial charge is 0.259 e. The van der Waals surface area contributed by atoms with Crippen molar-refractivity contribution >= 4 is 5.91 Å². The van der Waals surface area contributed by atoms with Gasteiger partial charge >= 0.3 is 0 Å². The summed E-state index contributed by atoms with van der Waals surface area (Å²) in [5, 5.41) is 9.16. The molecule has 0 unspecified atom stereocenters. The first kappa shape index (κ1) is 15.4. The number of carbonyl (C=O) groups is 1. The minimum absolute atomic E-state index is 0.0508. The standard InChI is InChI=1S/C14H22N2O3/c1-4-11(5-2)16(9-10-17)14(18)12-7-6-8-15-13(12)19-3/h6-8,11,17H,4-5,9-10H2,1-3H3. The summed E-state index contributed by atoms with van der Waals surface area (Å²) in [5.74, 6) is 0.175. The fourth-order valence-corrected chi connectivity index (χ4v) is 2.16. The first-order valence-electron chi connectivity index (χ1n) is 6.60. The number of aliphatic hydroxyl groups is 1. The minimum atomic E-state index is -0.146. The van der Waals surface area contributed by atoms with E-state index >= 15 is 0 Å². The zero-order valence-corrected chi connectivity index (χ0v) is 11.8. The minimum Gasteiger partial charge on any atom is -0.480 e. The second-order valence-corrected chi connectivity index (χ2v) is 4.25. The maximum atomic E-state index is 12.6. The zero-order chi connectivity index (χ0) is 14.3. The van der Waals surface area contributed by atoms with Crippen molar-refractivity contribution in [2.75, 3.05) is 20.3 Å². The molecule has 0 saturated carbocycles. The summed E-state index contributed by atoms with van der Waals surface area (Å²) in [6.45, 7) is 4.34. The first-order valence-corrected chi connectivity index (χ1v) is 6.60. The number of amides is 1. The lowest BCUT2D eigenvalue weighted by Crippen LogP contribution is -2.41. The lowest BCUT2D eigenvalue weighted by molar-refractivity contribution is 0.0618. The Labute approximate surface area is 114 Å². The Morgan fingerprint density at radius 2 is 2.16 bits per heavy atom. The number of carbonyl (C=O) groups excluding carboxylic acids is 1. The highest BCUT2D eigenvalue weighted by atomic mass is 16.5. The van der Waals surface area contributed by atoms with Crippen LogP contribution in [0.5, 0.6) is 5.88 Å². The molecule has 0 spiro atoms. The Morgan fingerprint density at radius 1 is 1.47 bits per heavy atom. The van der Waals surface area contributed by atoms with E-state index in [4.69, 9.17) is 9.84 Å². The normalized spacial score (nSPS) is 10.6. The van der Waals surface area contributed by atoms with E-state index in [0.29, 0.717) is 18.0 Å². The molecule has 0 fully saturated rings. The maximum absolute atomic E-state index is 12.6. The summed E-state index contributed by atoms with van der Waals surface area (Å²) in [5.41, 5.74) is 0.436. The molecule has 19 heavy (non-hydrogen) atoms. The molecule has 0 aliphatic rings. The Bertz CT molecular complexity index is 405. The fraction of sp³-hybridized carbons (Fsp3) is 0.571. The van der Waals surface area contributed by atoms with Gasteiger partial charge in [-0.15, -0.1) is 0 Å². The van der Waals surface area contributed by atoms with Gasteiger partial charge in [0.25, 0.3) is 5.91 Å². The van der Waals surface area contributed by atoms with Gasteiger partial charge in [-0.1, -0.05) is 13.8 Å². The summed E-state index contributed by atoms with van der Waals surface area (Å²) in [6, 6.07) is 3.52. The number of pyridine rings is 1. The van der Waals surface area contributed by atoms with Gasteiger partial charge in [-0.3, -0.25) is 4.79 Å². The molecule has 5 heteroatoms. The molecule has 1 aromatic rings. The summed E-state index contributed by atoms with van der Waals surface area (Å²) < 4.78 is 5.12. The summed E-state index contributed by atoms with van der Waals surface area (Å²) in [4.78, 5) is 18.3. The van der Waals surface area contributed by atoms with Gasteiger partial charge in [0.15, 0.2) is 0 Å². The highest BCUT2D eigenvalue weighted by Gasteiger charge is 2.24. The summed E-state index contributed by atoms with van der Waals surface area (Å²) in [7, 11) is 1.49. The number of hydrogen-bond donors (Lipinski definition) is 1. The van der Waals surface area contributed by atoms with Crippen LogP contribution in [0.25, 0.3) is 0 Å². The van der Waals surface area contributed by atoms with Crippen LogP contribution in [0, 0.1) is 0 Å². The van der Waals surface area contributed by atoms with Crippen molar-refractivity contribution < 1.29 is 14.6 Å². The van der Waals surface area contributed by atoms with Crippen LogP contribution in [0.1, 0.15) is 37.0 Å². The van der Waals surface area contributed by atoms with Crippen molar-refractivity contribution in [2.24, 2.45) is 0 Å². The summed E-state index contributed by atoms with van der Waals surface area (Å²) in [6.07, 6.45) is 3.29. The van der Waals surface area contributed by atoms with Gasteiger partial charge in [0.2, 0.25) is 5.88 Å². The average Bonchev–Trinajstić information content (AvgIpc) is 2.46. The van der Waals surface area contributed by atoms with Crippen LogP contribution in [0.4, 0.5) is 0 Å². The molecule has 1 N–H and O–H groups in total. The predicted octanol–water partition coefficient (Wildman–Crippen LogP) is 1.71. The number of methoxy groups -OCH3 is 1. The van der Waals surface area contributed by atoms with E-state index in [9.17, 15) is 4.79 Å². The van der Waals surface area contributed by atoms with Crippen molar-refractivity contribution in [2.45, 2.75) is 32.7 Å². The Kier molecular flexibility index (Phi) is 6.29. The quantitative estimate of drug-likeness (QED) is 0.816. The molecule has 1 heterocycles. The monoisotopic (exact) mass is 266 g/mol. The van der Waals surface area contributed by atoms with Gasteiger partial charge in [-0.05, 0) is 25.0 Å². The Morgan fingerprint density at radius 3 is 2.68 bits per heavy atom. The molecule has 0 aliphatic carbocycles. The van der Waals surface area contributed by atoms with Crippen molar-refractivity contribution in [3.05, 3.63) is 23.9 Å². The number of hydrogen-bond acceptors (Lipinski definition) is 4. The van der Waals surface area contributed by atoms with E-state index in [-0.39, 0.29) is 18.6 Å². The SMILES string of the molecule is CCC(CC)N(CCO)C(=O)c1cccnc1OC. The van der Waals surface area contributed by atoms with Crippen LogP contribution in [-0.2, 0) is 0 Å². The number of rotatable bonds is 7. The maximum Gasteiger partial charge on any atom is 0.259 e. The van der Waals surface area contributed by atoms with Gasteiger partial charge in [0, 0.05) is 18.8 Å². The number of ether oxygens (including phenoxy) is 1. The van der Waals surface area contributed by atoms with Crippen molar-refractivity contribution in [3.8, 4) is 5.88 Å². The number of nitrogens with zero attached hydrogens (tertiary/aromatic N) is 2. The second kappa shape index (κ2) is 7.74. The fourth-order valence-electron chi connectivity index (χ4n) is 2.16. The molecule has 0 atom stereocenters. The van der Waals surface area contributed by atoms with Crippen molar-refractivity contribution in [1.29, 1.82) is 0 Å². The van der Waals surface area contributed by atoms with E-state index in [1.807, 2.05) is 13.8 Å². The average molecular weight is 266 g/mol. The van der Waals surface area contributed by atoms with Gasteiger partial charge in [0.1, 0.15) is 5.56 Å². The lowest BCUT2D eigenvalue weighted by atomic mass is 10.1. The number of aliphatic hydroxyl groups excluding tert-OH is 1. The molecule has 1 aromatic heterocycles. The third kappa shape index (κ3) is 3.67. The summed E-state index contributed by atoms with van der Waals surface area (Å²) >= 11 is 0. The molecule has 0 aliphatic heterocycles. The zero-order valence-electron chi connectivity index (χ0n) is 11.8. The topological polar surface area (TPSA) is 62.7 Å². The largest absolute Gasteiger partial charge is 0.480 e. The van der Waals surface area contributed by atoms with Crippen LogP contribution in [0.3, 0.4) is 0 Å². The first-order chi connectivity index (χ1) is 9.19. The predicted molar refractivity (Wildman–Crippen MR) is 73.3 cm³/mol. The van der Waals surface area contributed by atoms with Crippen LogP contribution < -0.4 is 4.74 Å². The third-order valence-corrected chi connectivity index (χ3v) is 3.18. The molecule has 1 amide bonds. The number of aromatic nitrogens is 1. The van der Waals surface area contributed by atoms with Gasteiger partial charge in [-0.2, -0.15) is 0 Å². The van der Waals surface area contributed by atoms with Crippen molar-refractivity contribution in [3.63, 3.8) is 0 Å². The second-order valence-electron chi connectivity index (χ2n) is 4.25. The van der Waals surface area contributed by atoms with Gasteiger partial charge in [0.05, 0.1) is 13.7 Å². The van der Waals surface area contributed by atoms with E-state index in [1.54, 1.807) is 23.2 Å². The highest BCUT2D eigenvalue weighted by Crippen LogP contribution is 2.19. The van der Waals surface area contributed by atoms with Crippen LogP contribution in [-0.4, -0.2) is 47.2 Å². The lowest BCUT2D eigenvalue weighted by Gasteiger charge is -2.30. The van der Waals surface area contributed by atoms with Gasteiger partial charge in [-0.25, -0.2) is 4.98 Å². The van der Waals surface area contributed by atoms with Crippen LogP contribution >= 0.6 is 0 Å². The Hall–Kier alpha value is -1.62. The molecule has 106 valence electrons. The van der Waals surface area contributed by atoms with Gasteiger partial charge < -0.3 is 14.7 Å². The van der Waals surface area contributed by atoms with Crippen molar-refractivity contribution in [1.82, 2.24) is 9.88 Å². The molecule has 5 nitrogen and oxygen atoms in total. The molecule has 1 rings (SSSR count). The van der Waals surface area contributed by atoms with E-state index < -0.39 is 0 Å². The molecule has 0 radical (unpaired) electrons. The molecule has 0 aromatic carbocycles. The Balaban J connectivity index is 3.04. The molecule has 0 saturated heterocycles.